The van der Waals surface area contributed by atoms with Crippen molar-refractivity contribution in [3.63, 3.8) is 0 Å². The Morgan fingerprint density at radius 1 is 1.50 bits per heavy atom. The summed E-state index contributed by atoms with van der Waals surface area (Å²) in [6.45, 7) is 0. The van der Waals surface area contributed by atoms with Crippen molar-refractivity contribution in [2.75, 3.05) is 0 Å². The standard InChI is InChI=1S/C10H13ClO/c11-10(12)8-4-7-9-5-2-1-3-6-9/h2,5-6H,1,3-4,7-8H2. The first kappa shape index (κ1) is 9.53. The van der Waals surface area contributed by atoms with Gasteiger partial charge in [-0.25, -0.2) is 0 Å². The van der Waals surface area contributed by atoms with E-state index in [1.807, 2.05) is 0 Å². The number of hydrogen-bond acceptors (Lipinski definition) is 1. The number of halogens is 1. The normalized spacial score (nSPS) is 15.9. The van der Waals surface area contributed by atoms with E-state index in [4.69, 9.17) is 11.6 Å². The molecule has 0 aliphatic heterocycles. The van der Waals surface area contributed by atoms with Crippen LogP contribution in [0.5, 0.6) is 0 Å². The van der Waals surface area contributed by atoms with Crippen molar-refractivity contribution in [1.29, 1.82) is 0 Å². The lowest BCUT2D eigenvalue weighted by molar-refractivity contribution is -0.111. The molecule has 1 nitrogen and oxygen atoms in total. The second-order valence-corrected chi connectivity index (χ2v) is 3.39. The predicted molar refractivity (Wildman–Crippen MR) is 51.2 cm³/mol. The lowest BCUT2D eigenvalue weighted by Gasteiger charge is -2.04. The van der Waals surface area contributed by atoms with Gasteiger partial charge in [0.15, 0.2) is 0 Å². The fraction of sp³-hybridized carbons (Fsp3) is 0.500. The van der Waals surface area contributed by atoms with Gasteiger partial charge in [0.05, 0.1) is 0 Å². The summed E-state index contributed by atoms with van der Waals surface area (Å²) in [6, 6.07) is 0. The van der Waals surface area contributed by atoms with E-state index in [0.29, 0.717) is 6.42 Å². The highest BCUT2D eigenvalue weighted by Crippen LogP contribution is 2.15. The molecular weight excluding hydrogens is 172 g/mol. The highest BCUT2D eigenvalue weighted by atomic mass is 35.5. The third-order valence-electron chi connectivity index (χ3n) is 1.91. The average Bonchev–Trinajstić information content (AvgIpc) is 2.05. The lowest BCUT2D eigenvalue weighted by atomic mass is 10.0. The third-order valence-corrected chi connectivity index (χ3v) is 2.10. The quantitative estimate of drug-likeness (QED) is 0.614. The van der Waals surface area contributed by atoms with Gasteiger partial charge >= 0.3 is 0 Å². The van der Waals surface area contributed by atoms with Crippen LogP contribution in [0.3, 0.4) is 0 Å². The molecule has 0 saturated carbocycles. The molecule has 12 heavy (non-hydrogen) atoms. The van der Waals surface area contributed by atoms with Crippen LogP contribution in [0, 0.1) is 0 Å². The van der Waals surface area contributed by atoms with Crippen LogP contribution in [-0.2, 0) is 4.79 Å². The molecule has 1 aliphatic carbocycles. The van der Waals surface area contributed by atoms with Gasteiger partial charge in [-0.1, -0.05) is 23.8 Å². The second kappa shape index (κ2) is 5.15. The summed E-state index contributed by atoms with van der Waals surface area (Å²) < 4.78 is 0. The summed E-state index contributed by atoms with van der Waals surface area (Å²) in [5.41, 5.74) is 1.35. The van der Waals surface area contributed by atoms with Gasteiger partial charge in [0.25, 0.3) is 0 Å². The van der Waals surface area contributed by atoms with Gasteiger partial charge in [-0.2, -0.15) is 0 Å². The van der Waals surface area contributed by atoms with E-state index >= 15 is 0 Å². The lowest BCUT2D eigenvalue weighted by Crippen LogP contribution is -1.89. The molecule has 1 aliphatic rings. The second-order valence-electron chi connectivity index (χ2n) is 2.97. The Balaban J connectivity index is 2.18. The van der Waals surface area contributed by atoms with Crippen LogP contribution in [0.15, 0.2) is 23.8 Å². The molecule has 0 aromatic heterocycles. The molecule has 66 valence electrons. The van der Waals surface area contributed by atoms with E-state index in [9.17, 15) is 4.79 Å². The molecule has 2 heteroatoms. The average molecular weight is 185 g/mol. The summed E-state index contributed by atoms with van der Waals surface area (Å²) in [4.78, 5) is 10.4. The number of carbonyl (C=O) groups excluding carboxylic acids is 1. The maximum absolute atomic E-state index is 10.4. The fourth-order valence-corrected chi connectivity index (χ4v) is 1.42. The van der Waals surface area contributed by atoms with Crippen LogP contribution in [0.1, 0.15) is 32.1 Å². The molecule has 0 aromatic rings. The zero-order valence-electron chi connectivity index (χ0n) is 7.05. The Labute approximate surface area is 78.1 Å². The van der Waals surface area contributed by atoms with Crippen molar-refractivity contribution in [1.82, 2.24) is 0 Å². The SMILES string of the molecule is O=C(Cl)CCCC1=CCCC=C1. The van der Waals surface area contributed by atoms with Crippen molar-refractivity contribution in [2.45, 2.75) is 32.1 Å². The fourth-order valence-electron chi connectivity index (χ4n) is 1.28. The van der Waals surface area contributed by atoms with E-state index in [1.54, 1.807) is 0 Å². The van der Waals surface area contributed by atoms with Crippen LogP contribution in [0.4, 0.5) is 0 Å². The number of hydrogen-bond donors (Lipinski definition) is 0. The monoisotopic (exact) mass is 184 g/mol. The van der Waals surface area contributed by atoms with Crippen molar-refractivity contribution < 1.29 is 4.79 Å². The van der Waals surface area contributed by atoms with Gasteiger partial charge in [0.1, 0.15) is 0 Å². The van der Waals surface area contributed by atoms with Gasteiger partial charge in [-0.15, -0.1) is 0 Å². The van der Waals surface area contributed by atoms with Crippen molar-refractivity contribution >= 4 is 16.8 Å². The molecule has 0 fully saturated rings. The highest BCUT2D eigenvalue weighted by Gasteiger charge is 1.99. The molecule has 0 bridgehead atoms. The molecule has 0 atom stereocenters. The maximum atomic E-state index is 10.4. The number of carbonyl (C=O) groups is 1. The first-order chi connectivity index (χ1) is 5.79. The topological polar surface area (TPSA) is 17.1 Å². The minimum Gasteiger partial charge on any atom is -0.281 e. The van der Waals surface area contributed by atoms with E-state index in [1.165, 1.54) is 5.57 Å². The van der Waals surface area contributed by atoms with Crippen molar-refractivity contribution in [2.24, 2.45) is 0 Å². The summed E-state index contributed by atoms with van der Waals surface area (Å²) in [5.74, 6) is 0. The molecule has 1 rings (SSSR count). The number of allylic oxidation sites excluding steroid dienone is 4. The Bertz CT molecular complexity index is 216. The number of rotatable bonds is 4. The van der Waals surface area contributed by atoms with Crippen LogP contribution in [0.2, 0.25) is 0 Å². The third kappa shape index (κ3) is 3.72. The van der Waals surface area contributed by atoms with Gasteiger partial charge in [0, 0.05) is 6.42 Å². The van der Waals surface area contributed by atoms with Crippen molar-refractivity contribution in [3.8, 4) is 0 Å². The van der Waals surface area contributed by atoms with Crippen LogP contribution < -0.4 is 0 Å². The van der Waals surface area contributed by atoms with E-state index in [-0.39, 0.29) is 5.24 Å². The molecular formula is C10H13ClO. The minimum atomic E-state index is -0.226. The van der Waals surface area contributed by atoms with E-state index < -0.39 is 0 Å². The minimum absolute atomic E-state index is 0.226. The Hall–Kier alpha value is -0.560. The van der Waals surface area contributed by atoms with Crippen LogP contribution >= 0.6 is 11.6 Å². The maximum Gasteiger partial charge on any atom is 0.221 e. The van der Waals surface area contributed by atoms with E-state index in [0.717, 1.165) is 25.7 Å². The van der Waals surface area contributed by atoms with Gasteiger partial charge in [-0.05, 0) is 37.3 Å². The summed E-state index contributed by atoms with van der Waals surface area (Å²) in [5, 5.41) is -0.226. The Morgan fingerprint density at radius 2 is 2.33 bits per heavy atom. The molecule has 0 unspecified atom stereocenters. The van der Waals surface area contributed by atoms with Crippen LogP contribution in [-0.4, -0.2) is 5.24 Å². The molecule has 0 N–H and O–H groups in total. The highest BCUT2D eigenvalue weighted by molar-refractivity contribution is 6.63. The first-order valence-corrected chi connectivity index (χ1v) is 4.71. The van der Waals surface area contributed by atoms with Crippen molar-refractivity contribution in [3.05, 3.63) is 23.8 Å². The zero-order chi connectivity index (χ0) is 8.81. The zero-order valence-corrected chi connectivity index (χ0v) is 7.81. The molecule has 0 spiro atoms. The van der Waals surface area contributed by atoms with Gasteiger partial charge < -0.3 is 0 Å². The molecule has 0 radical (unpaired) electrons. The molecule has 0 heterocycles. The summed E-state index contributed by atoms with van der Waals surface area (Å²) in [7, 11) is 0. The summed E-state index contributed by atoms with van der Waals surface area (Å²) in [6.07, 6.45) is 11.2. The van der Waals surface area contributed by atoms with E-state index in [2.05, 4.69) is 18.2 Å². The molecule has 0 saturated heterocycles. The van der Waals surface area contributed by atoms with Gasteiger partial charge in [0.2, 0.25) is 5.24 Å². The summed E-state index contributed by atoms with van der Waals surface area (Å²) >= 11 is 5.22. The van der Waals surface area contributed by atoms with Crippen LogP contribution in [0.25, 0.3) is 0 Å². The first-order valence-electron chi connectivity index (χ1n) is 4.33. The largest absolute Gasteiger partial charge is 0.281 e. The Kier molecular flexibility index (Phi) is 4.09. The molecule has 0 aromatic carbocycles. The molecule has 0 amide bonds. The Morgan fingerprint density at radius 3 is 2.92 bits per heavy atom. The van der Waals surface area contributed by atoms with Gasteiger partial charge in [-0.3, -0.25) is 4.79 Å². The smallest absolute Gasteiger partial charge is 0.221 e. The predicted octanol–water partition coefficient (Wildman–Crippen LogP) is 3.20.